The lowest BCUT2D eigenvalue weighted by atomic mass is 9.78. The summed E-state index contributed by atoms with van der Waals surface area (Å²) in [4.78, 5) is 0. The molecular formula is C18H29NO2. The van der Waals surface area contributed by atoms with E-state index in [1.54, 1.807) is 0 Å². The summed E-state index contributed by atoms with van der Waals surface area (Å²) in [6.07, 6.45) is 3.88. The highest BCUT2D eigenvalue weighted by atomic mass is 16.5. The molecule has 1 aliphatic rings. The number of benzene rings is 1. The number of hydrogen-bond donors (Lipinski definition) is 1. The molecule has 0 spiro atoms. The topological polar surface area (TPSA) is 30.5 Å². The molecule has 1 saturated carbocycles. The third-order valence-corrected chi connectivity index (χ3v) is 4.61. The summed E-state index contributed by atoms with van der Waals surface area (Å²) in [7, 11) is 0. The molecule has 21 heavy (non-hydrogen) atoms. The van der Waals surface area contributed by atoms with Crippen LogP contribution in [0.25, 0.3) is 0 Å². The quantitative estimate of drug-likeness (QED) is 0.822. The van der Waals surface area contributed by atoms with Gasteiger partial charge in [0.05, 0.1) is 18.9 Å². The van der Waals surface area contributed by atoms with E-state index in [1.165, 1.54) is 19.3 Å². The molecule has 0 saturated heterocycles. The van der Waals surface area contributed by atoms with E-state index in [9.17, 15) is 0 Å². The monoisotopic (exact) mass is 291 g/mol. The molecule has 118 valence electrons. The number of ether oxygens (including phenoxy) is 2. The molecule has 1 N–H and O–H groups in total. The lowest BCUT2D eigenvalue weighted by molar-refractivity contribution is 0.252. The Labute approximate surface area is 129 Å². The van der Waals surface area contributed by atoms with Crippen LogP contribution in [-0.4, -0.2) is 19.3 Å². The number of hydrogen-bond acceptors (Lipinski definition) is 3. The minimum Gasteiger partial charge on any atom is -0.494 e. The average Bonchev–Trinajstić information content (AvgIpc) is 2.47. The summed E-state index contributed by atoms with van der Waals surface area (Å²) in [5.41, 5.74) is 1.06. The second kappa shape index (κ2) is 7.58. The standard InChI is InChI=1S/C18H29NO2/c1-5-20-15-10-11-18(21-6-2)17(12-15)19-16-9-7-8-13(3)14(16)4/h10-14,16,19H,5-9H2,1-4H3. The zero-order valence-corrected chi connectivity index (χ0v) is 13.8. The van der Waals surface area contributed by atoms with Gasteiger partial charge in [-0.1, -0.05) is 26.7 Å². The van der Waals surface area contributed by atoms with Gasteiger partial charge in [0, 0.05) is 12.1 Å². The average molecular weight is 291 g/mol. The molecule has 1 aromatic carbocycles. The SMILES string of the molecule is CCOc1ccc(OCC)c(NC2CCCC(C)C2C)c1. The Bertz CT molecular complexity index is 447. The molecule has 0 radical (unpaired) electrons. The third-order valence-electron chi connectivity index (χ3n) is 4.61. The van der Waals surface area contributed by atoms with Crippen molar-refractivity contribution in [3.8, 4) is 11.5 Å². The van der Waals surface area contributed by atoms with Crippen LogP contribution in [0.3, 0.4) is 0 Å². The summed E-state index contributed by atoms with van der Waals surface area (Å²) in [5.74, 6) is 3.29. The van der Waals surface area contributed by atoms with Crippen LogP contribution in [0.2, 0.25) is 0 Å². The molecule has 0 aliphatic heterocycles. The van der Waals surface area contributed by atoms with E-state index in [0.29, 0.717) is 25.2 Å². The summed E-state index contributed by atoms with van der Waals surface area (Å²) in [6.45, 7) is 10.1. The minimum absolute atomic E-state index is 0.518. The summed E-state index contributed by atoms with van der Waals surface area (Å²) in [5, 5.41) is 3.71. The van der Waals surface area contributed by atoms with Gasteiger partial charge >= 0.3 is 0 Å². The number of anilines is 1. The van der Waals surface area contributed by atoms with Crippen LogP contribution in [0.4, 0.5) is 5.69 Å². The first-order valence-electron chi connectivity index (χ1n) is 8.31. The zero-order valence-electron chi connectivity index (χ0n) is 13.8. The van der Waals surface area contributed by atoms with Crippen molar-refractivity contribution in [2.45, 2.75) is 53.0 Å². The van der Waals surface area contributed by atoms with Crippen molar-refractivity contribution in [2.24, 2.45) is 11.8 Å². The van der Waals surface area contributed by atoms with Gasteiger partial charge in [0.25, 0.3) is 0 Å². The fourth-order valence-electron chi connectivity index (χ4n) is 3.15. The lowest BCUT2D eigenvalue weighted by Crippen LogP contribution is -2.35. The first kappa shape index (κ1) is 16.0. The Morgan fingerprint density at radius 1 is 1.10 bits per heavy atom. The van der Waals surface area contributed by atoms with Gasteiger partial charge < -0.3 is 14.8 Å². The van der Waals surface area contributed by atoms with Crippen LogP contribution < -0.4 is 14.8 Å². The maximum atomic E-state index is 5.76. The molecule has 3 nitrogen and oxygen atoms in total. The molecule has 1 aliphatic carbocycles. The molecule has 0 bridgehead atoms. The van der Waals surface area contributed by atoms with Gasteiger partial charge in [-0.2, -0.15) is 0 Å². The van der Waals surface area contributed by atoms with Crippen LogP contribution in [0.1, 0.15) is 47.0 Å². The predicted molar refractivity (Wildman–Crippen MR) is 88.4 cm³/mol. The van der Waals surface area contributed by atoms with Gasteiger partial charge in [0.15, 0.2) is 0 Å². The van der Waals surface area contributed by atoms with Crippen LogP contribution >= 0.6 is 0 Å². The van der Waals surface area contributed by atoms with Crippen molar-refractivity contribution < 1.29 is 9.47 Å². The molecule has 0 amide bonds. The molecule has 3 unspecified atom stereocenters. The van der Waals surface area contributed by atoms with Crippen LogP contribution in [-0.2, 0) is 0 Å². The van der Waals surface area contributed by atoms with Gasteiger partial charge in [-0.05, 0) is 44.2 Å². The van der Waals surface area contributed by atoms with Gasteiger partial charge in [-0.25, -0.2) is 0 Å². The summed E-state index contributed by atoms with van der Waals surface area (Å²) < 4.78 is 11.4. The molecule has 0 aromatic heterocycles. The Morgan fingerprint density at radius 2 is 1.86 bits per heavy atom. The Kier molecular flexibility index (Phi) is 5.77. The van der Waals surface area contributed by atoms with E-state index in [2.05, 4.69) is 25.2 Å². The van der Waals surface area contributed by atoms with E-state index in [1.807, 2.05) is 26.0 Å². The van der Waals surface area contributed by atoms with Crippen LogP contribution in [0, 0.1) is 11.8 Å². The van der Waals surface area contributed by atoms with Gasteiger partial charge in [-0.3, -0.25) is 0 Å². The maximum absolute atomic E-state index is 5.76. The normalized spacial score (nSPS) is 25.4. The molecule has 2 rings (SSSR count). The van der Waals surface area contributed by atoms with Crippen LogP contribution in [0.15, 0.2) is 18.2 Å². The van der Waals surface area contributed by atoms with E-state index in [4.69, 9.17) is 9.47 Å². The van der Waals surface area contributed by atoms with Crippen molar-refractivity contribution >= 4 is 5.69 Å². The molecule has 1 fully saturated rings. The van der Waals surface area contributed by atoms with Gasteiger partial charge in [0.1, 0.15) is 11.5 Å². The Morgan fingerprint density at radius 3 is 2.57 bits per heavy atom. The zero-order chi connectivity index (χ0) is 15.2. The highest BCUT2D eigenvalue weighted by Gasteiger charge is 2.27. The van der Waals surface area contributed by atoms with Crippen molar-refractivity contribution in [2.75, 3.05) is 18.5 Å². The molecule has 0 heterocycles. The van der Waals surface area contributed by atoms with Crippen molar-refractivity contribution in [3.63, 3.8) is 0 Å². The third kappa shape index (κ3) is 4.05. The maximum Gasteiger partial charge on any atom is 0.142 e. The van der Waals surface area contributed by atoms with Crippen molar-refractivity contribution in [3.05, 3.63) is 18.2 Å². The highest BCUT2D eigenvalue weighted by molar-refractivity contribution is 5.60. The van der Waals surface area contributed by atoms with Crippen LogP contribution in [0.5, 0.6) is 11.5 Å². The lowest BCUT2D eigenvalue weighted by Gasteiger charge is -2.35. The predicted octanol–water partition coefficient (Wildman–Crippen LogP) is 4.72. The first-order valence-corrected chi connectivity index (χ1v) is 8.31. The van der Waals surface area contributed by atoms with Crippen molar-refractivity contribution in [1.82, 2.24) is 0 Å². The molecule has 3 atom stereocenters. The molecule has 3 heteroatoms. The minimum atomic E-state index is 0.518. The van der Waals surface area contributed by atoms with Gasteiger partial charge in [-0.15, -0.1) is 0 Å². The van der Waals surface area contributed by atoms with E-state index in [0.717, 1.165) is 23.1 Å². The fourth-order valence-corrected chi connectivity index (χ4v) is 3.15. The highest BCUT2D eigenvalue weighted by Crippen LogP contribution is 2.35. The van der Waals surface area contributed by atoms with Gasteiger partial charge in [0.2, 0.25) is 0 Å². The Hall–Kier alpha value is -1.38. The first-order chi connectivity index (χ1) is 10.2. The molecular weight excluding hydrogens is 262 g/mol. The molecule has 1 aromatic rings. The largest absolute Gasteiger partial charge is 0.494 e. The fraction of sp³-hybridized carbons (Fsp3) is 0.667. The second-order valence-electron chi connectivity index (χ2n) is 6.04. The number of nitrogens with one attached hydrogen (secondary N) is 1. The van der Waals surface area contributed by atoms with Crippen molar-refractivity contribution in [1.29, 1.82) is 0 Å². The van der Waals surface area contributed by atoms with E-state index >= 15 is 0 Å². The number of rotatable bonds is 6. The summed E-state index contributed by atoms with van der Waals surface area (Å²) in [6, 6.07) is 6.57. The second-order valence-corrected chi connectivity index (χ2v) is 6.04. The van der Waals surface area contributed by atoms with E-state index in [-0.39, 0.29) is 0 Å². The smallest absolute Gasteiger partial charge is 0.142 e. The van der Waals surface area contributed by atoms with E-state index < -0.39 is 0 Å². The Balaban J connectivity index is 2.17. The summed E-state index contributed by atoms with van der Waals surface area (Å²) >= 11 is 0.